The van der Waals surface area contributed by atoms with E-state index >= 15 is 0 Å². The number of nitrogens with one attached hydrogen (secondary N) is 1. The Hall–Kier alpha value is -2.58. The van der Waals surface area contributed by atoms with Crippen LogP contribution in [0.3, 0.4) is 0 Å². The molecule has 0 aliphatic carbocycles. The maximum absolute atomic E-state index is 6.01. The molecular weight excluding hydrogens is 408 g/mol. The summed E-state index contributed by atoms with van der Waals surface area (Å²) in [6.07, 6.45) is 0. The number of aliphatic imine (C=N–C) groups is 1. The van der Waals surface area contributed by atoms with Crippen molar-refractivity contribution in [2.45, 2.75) is 20.0 Å². The summed E-state index contributed by atoms with van der Waals surface area (Å²) < 4.78 is 7.76. The fourth-order valence-electron chi connectivity index (χ4n) is 2.59. The van der Waals surface area contributed by atoms with Gasteiger partial charge in [0.15, 0.2) is 11.8 Å². The molecule has 0 radical (unpaired) electrons. The Kier molecular flexibility index (Phi) is 7.48. The van der Waals surface area contributed by atoms with E-state index in [-0.39, 0.29) is 0 Å². The van der Waals surface area contributed by atoms with Gasteiger partial charge >= 0.3 is 0 Å². The smallest absolute Gasteiger partial charge is 0.194 e. The van der Waals surface area contributed by atoms with Crippen molar-refractivity contribution < 1.29 is 4.74 Å². The van der Waals surface area contributed by atoms with Crippen LogP contribution in [0.1, 0.15) is 16.5 Å². The molecule has 0 aliphatic rings. The normalized spacial score (nSPS) is 11.5. The highest BCUT2D eigenvalue weighted by molar-refractivity contribution is 7.09. The van der Waals surface area contributed by atoms with Gasteiger partial charge in [-0.25, -0.2) is 4.99 Å². The molecule has 0 amide bonds. The molecule has 0 unspecified atom stereocenters. The van der Waals surface area contributed by atoms with Gasteiger partial charge in [0.05, 0.1) is 13.1 Å². The molecule has 0 aliphatic heterocycles. The molecule has 0 saturated heterocycles. The highest BCUT2D eigenvalue weighted by atomic mass is 35.5. The van der Waals surface area contributed by atoms with Crippen LogP contribution in [0.4, 0.5) is 0 Å². The predicted molar refractivity (Wildman–Crippen MR) is 118 cm³/mol. The first kappa shape index (κ1) is 21.1. The van der Waals surface area contributed by atoms with Gasteiger partial charge < -0.3 is 19.5 Å². The molecule has 2 aromatic heterocycles. The molecule has 3 aromatic rings. The summed E-state index contributed by atoms with van der Waals surface area (Å²) in [5, 5.41) is 14.4. The number of guanidine groups is 1. The topological polar surface area (TPSA) is 67.6 Å². The van der Waals surface area contributed by atoms with E-state index in [0.717, 1.165) is 23.4 Å². The molecule has 0 bridgehead atoms. The zero-order valence-corrected chi connectivity index (χ0v) is 18.4. The van der Waals surface area contributed by atoms with Gasteiger partial charge in [0.2, 0.25) is 0 Å². The van der Waals surface area contributed by atoms with E-state index < -0.39 is 0 Å². The second kappa shape index (κ2) is 10.3. The lowest BCUT2D eigenvalue weighted by molar-refractivity contribution is 0.281. The maximum atomic E-state index is 6.01. The van der Waals surface area contributed by atoms with Crippen LogP contribution < -0.4 is 10.1 Å². The minimum absolute atomic E-state index is 0.448. The molecule has 1 aromatic carbocycles. The second-order valence-electron chi connectivity index (χ2n) is 6.52. The van der Waals surface area contributed by atoms with E-state index in [0.29, 0.717) is 31.3 Å². The van der Waals surface area contributed by atoms with Crippen molar-refractivity contribution in [1.82, 2.24) is 25.0 Å². The van der Waals surface area contributed by atoms with E-state index in [1.807, 2.05) is 60.8 Å². The third kappa shape index (κ3) is 6.20. The average Bonchev–Trinajstić information content (AvgIpc) is 3.33. The van der Waals surface area contributed by atoms with Crippen molar-refractivity contribution in [3.8, 4) is 5.75 Å². The third-order valence-electron chi connectivity index (χ3n) is 4.41. The fourth-order valence-corrected chi connectivity index (χ4v) is 3.41. The summed E-state index contributed by atoms with van der Waals surface area (Å²) in [5.74, 6) is 3.23. The molecule has 154 valence electrons. The summed E-state index contributed by atoms with van der Waals surface area (Å²) in [7, 11) is 3.94. The van der Waals surface area contributed by atoms with Crippen LogP contribution in [0, 0.1) is 6.92 Å². The number of thiophene rings is 1. The number of hydrogen-bond acceptors (Lipinski definition) is 5. The lowest BCUT2D eigenvalue weighted by atomic mass is 10.3. The van der Waals surface area contributed by atoms with Gasteiger partial charge in [-0.3, -0.25) is 0 Å². The van der Waals surface area contributed by atoms with Crippen molar-refractivity contribution in [2.75, 3.05) is 20.2 Å². The summed E-state index contributed by atoms with van der Waals surface area (Å²) >= 11 is 7.72. The molecule has 0 fully saturated rings. The Balaban J connectivity index is 1.62. The summed E-state index contributed by atoms with van der Waals surface area (Å²) in [6, 6.07) is 11.6. The number of nitrogens with zero attached hydrogens (tertiary/aromatic N) is 5. The Morgan fingerprint density at radius 1 is 1.31 bits per heavy atom. The monoisotopic (exact) mass is 432 g/mol. The highest BCUT2D eigenvalue weighted by Crippen LogP contribution is 2.17. The molecule has 3 rings (SSSR count). The first-order chi connectivity index (χ1) is 14.0. The molecule has 0 spiro atoms. The van der Waals surface area contributed by atoms with Crippen molar-refractivity contribution in [3.05, 3.63) is 63.3 Å². The standard InChI is InChI=1S/C20H25ClN6OS/c1-15-24-25-19(27(15)3)14-23-20(22-13-18-8-5-11-29-18)26(2)9-10-28-17-7-4-6-16(21)12-17/h4-8,11-12H,9-10,13-14H2,1-3H3,(H,22,23). The molecule has 7 nitrogen and oxygen atoms in total. The lowest BCUT2D eigenvalue weighted by Crippen LogP contribution is -2.40. The van der Waals surface area contributed by atoms with Crippen LogP contribution in [-0.4, -0.2) is 45.8 Å². The largest absolute Gasteiger partial charge is 0.492 e. The molecule has 2 heterocycles. The summed E-state index contributed by atoms with van der Waals surface area (Å²) in [5.41, 5.74) is 0. The number of likely N-dealkylation sites (N-methyl/N-ethyl adjacent to an activating group) is 1. The Morgan fingerprint density at radius 3 is 2.86 bits per heavy atom. The van der Waals surface area contributed by atoms with E-state index in [2.05, 4.69) is 27.0 Å². The van der Waals surface area contributed by atoms with Crippen LogP contribution in [-0.2, 0) is 20.1 Å². The first-order valence-corrected chi connectivity index (χ1v) is 10.5. The summed E-state index contributed by atoms with van der Waals surface area (Å²) in [4.78, 5) is 8.03. The van der Waals surface area contributed by atoms with Gasteiger partial charge in [0.25, 0.3) is 0 Å². The Labute approximate surface area is 180 Å². The van der Waals surface area contributed by atoms with Crippen LogP contribution in [0.5, 0.6) is 5.75 Å². The SMILES string of the molecule is Cc1nnc(CN=C(NCc2cccs2)N(C)CCOc2cccc(Cl)c2)n1C. The lowest BCUT2D eigenvalue weighted by Gasteiger charge is -2.22. The van der Waals surface area contributed by atoms with Gasteiger partial charge in [-0.2, -0.15) is 0 Å². The number of rotatable bonds is 8. The van der Waals surface area contributed by atoms with Crippen molar-refractivity contribution in [3.63, 3.8) is 0 Å². The van der Waals surface area contributed by atoms with Crippen molar-refractivity contribution in [2.24, 2.45) is 12.0 Å². The third-order valence-corrected chi connectivity index (χ3v) is 5.52. The number of aryl methyl sites for hydroxylation is 1. The maximum Gasteiger partial charge on any atom is 0.194 e. The Bertz CT molecular complexity index is 940. The first-order valence-electron chi connectivity index (χ1n) is 9.28. The molecule has 0 saturated carbocycles. The fraction of sp³-hybridized carbons (Fsp3) is 0.350. The minimum Gasteiger partial charge on any atom is -0.492 e. The number of ether oxygens (including phenoxy) is 1. The molecular formula is C20H25ClN6OS. The molecule has 29 heavy (non-hydrogen) atoms. The van der Waals surface area contributed by atoms with Crippen LogP contribution in [0.2, 0.25) is 5.02 Å². The van der Waals surface area contributed by atoms with Gasteiger partial charge in [-0.05, 0) is 36.6 Å². The minimum atomic E-state index is 0.448. The van der Waals surface area contributed by atoms with Gasteiger partial charge in [-0.1, -0.05) is 23.7 Å². The van der Waals surface area contributed by atoms with E-state index in [1.54, 1.807) is 11.3 Å². The number of halogens is 1. The van der Waals surface area contributed by atoms with Gasteiger partial charge in [-0.15, -0.1) is 21.5 Å². The van der Waals surface area contributed by atoms with Gasteiger partial charge in [0, 0.05) is 24.0 Å². The zero-order valence-electron chi connectivity index (χ0n) is 16.8. The number of benzene rings is 1. The van der Waals surface area contributed by atoms with E-state index in [1.165, 1.54) is 4.88 Å². The zero-order chi connectivity index (χ0) is 20.6. The molecule has 0 atom stereocenters. The average molecular weight is 433 g/mol. The van der Waals surface area contributed by atoms with Crippen molar-refractivity contribution >= 4 is 28.9 Å². The number of aromatic nitrogens is 3. The van der Waals surface area contributed by atoms with Gasteiger partial charge in [0.1, 0.15) is 24.7 Å². The molecule has 1 N–H and O–H groups in total. The van der Waals surface area contributed by atoms with E-state index in [4.69, 9.17) is 21.3 Å². The van der Waals surface area contributed by atoms with Crippen LogP contribution in [0.15, 0.2) is 46.8 Å². The quantitative estimate of drug-likeness (QED) is 0.436. The van der Waals surface area contributed by atoms with Crippen LogP contribution >= 0.6 is 22.9 Å². The highest BCUT2D eigenvalue weighted by Gasteiger charge is 2.10. The van der Waals surface area contributed by atoms with Crippen molar-refractivity contribution in [1.29, 1.82) is 0 Å². The molecule has 9 heteroatoms. The number of hydrogen-bond donors (Lipinski definition) is 1. The van der Waals surface area contributed by atoms with Crippen LogP contribution in [0.25, 0.3) is 0 Å². The van der Waals surface area contributed by atoms with E-state index in [9.17, 15) is 0 Å². The second-order valence-corrected chi connectivity index (χ2v) is 7.99. The Morgan fingerprint density at radius 2 is 2.17 bits per heavy atom. The predicted octanol–water partition coefficient (Wildman–Crippen LogP) is 3.50. The summed E-state index contributed by atoms with van der Waals surface area (Å²) in [6.45, 7) is 4.27.